The molecular formula is C32H43N3O4. The van der Waals surface area contributed by atoms with E-state index in [2.05, 4.69) is 23.5 Å². The zero-order chi connectivity index (χ0) is 28.7. The van der Waals surface area contributed by atoms with Crippen LogP contribution in [0.4, 0.5) is 4.79 Å². The number of hydrogen-bond acceptors (Lipinski definition) is 4. The smallest absolute Gasteiger partial charge is 0.408 e. The maximum Gasteiger partial charge on any atom is 0.408 e. The molecule has 1 atom stereocenters. The summed E-state index contributed by atoms with van der Waals surface area (Å²) < 4.78 is 5.29. The van der Waals surface area contributed by atoms with Gasteiger partial charge in [0.05, 0.1) is 0 Å². The minimum atomic E-state index is -0.954. The summed E-state index contributed by atoms with van der Waals surface area (Å²) in [6.45, 7) is 7.78. The van der Waals surface area contributed by atoms with Crippen molar-refractivity contribution in [2.45, 2.75) is 84.4 Å². The number of amides is 3. The van der Waals surface area contributed by atoms with Gasteiger partial charge in [0.2, 0.25) is 11.8 Å². The highest BCUT2D eigenvalue weighted by molar-refractivity contribution is 5.91. The first-order chi connectivity index (χ1) is 18.7. The predicted octanol–water partition coefficient (Wildman–Crippen LogP) is 5.74. The topological polar surface area (TPSA) is 87.7 Å². The highest BCUT2D eigenvalue weighted by Crippen LogP contribution is 2.26. The number of nitrogens with zero attached hydrogens (tertiary/aromatic N) is 1. The first kappa shape index (κ1) is 31.4. The molecule has 0 aliphatic carbocycles. The van der Waals surface area contributed by atoms with Crippen molar-refractivity contribution in [1.82, 2.24) is 15.5 Å². The fraction of sp³-hybridized carbons (Fsp3) is 0.469. The number of nitrogens with one attached hydrogen (secondary N) is 2. The Kier molecular flexibility index (Phi) is 13.1. The van der Waals surface area contributed by atoms with Gasteiger partial charge in [-0.25, -0.2) is 4.79 Å². The van der Waals surface area contributed by atoms with Crippen molar-refractivity contribution in [3.63, 3.8) is 0 Å². The lowest BCUT2D eigenvalue weighted by Gasteiger charge is -2.32. The third-order valence-electron chi connectivity index (χ3n) is 6.14. The van der Waals surface area contributed by atoms with Crippen LogP contribution in [-0.4, -0.2) is 41.5 Å². The van der Waals surface area contributed by atoms with Gasteiger partial charge >= 0.3 is 6.09 Å². The Hall–Kier alpha value is -3.79. The normalized spacial score (nSPS) is 11.7. The third-order valence-corrected chi connectivity index (χ3v) is 6.14. The Labute approximate surface area is 233 Å². The van der Waals surface area contributed by atoms with Gasteiger partial charge in [-0.3, -0.25) is 9.59 Å². The molecule has 0 saturated carbocycles. The fourth-order valence-corrected chi connectivity index (χ4v) is 4.22. The van der Waals surface area contributed by atoms with Crippen molar-refractivity contribution in [3.05, 3.63) is 71.3 Å². The third kappa shape index (κ3) is 11.2. The van der Waals surface area contributed by atoms with Gasteiger partial charge in [0, 0.05) is 18.7 Å². The van der Waals surface area contributed by atoms with Gasteiger partial charge in [0.1, 0.15) is 18.2 Å². The molecule has 0 spiro atoms. The summed E-state index contributed by atoms with van der Waals surface area (Å²) in [5, 5.41) is 5.53. The lowest BCUT2D eigenvalue weighted by atomic mass is 9.97. The summed E-state index contributed by atoms with van der Waals surface area (Å²) in [5.74, 6) is 1.93. The molecule has 0 saturated heterocycles. The second-order valence-corrected chi connectivity index (χ2v) is 10.5. The monoisotopic (exact) mass is 533 g/mol. The maximum absolute atomic E-state index is 13.7. The molecule has 0 aromatic heterocycles. The molecule has 2 rings (SSSR count). The number of carbonyl (C=O) groups is 3. The number of hydrogen-bond donors (Lipinski definition) is 2. The average molecular weight is 534 g/mol. The summed E-state index contributed by atoms with van der Waals surface area (Å²) in [5.41, 5.74) is 1.35. The number of alkyl carbamates (subject to hydrolysis) is 1. The number of unbranched alkanes of at least 4 members (excludes halogenated alkanes) is 5. The van der Waals surface area contributed by atoms with E-state index in [-0.39, 0.29) is 18.4 Å². The molecule has 0 fully saturated rings. The van der Waals surface area contributed by atoms with Crippen LogP contribution in [0.1, 0.15) is 89.0 Å². The zero-order valence-corrected chi connectivity index (χ0v) is 23.8. The van der Waals surface area contributed by atoms with Crippen LogP contribution in [0.2, 0.25) is 0 Å². The SMILES string of the molecule is C#Cc1ccccc1C(C(=O)NCc1ccccc1)N(CCCCCCCC)C(=O)CNC(=O)OC(C)(C)C. The second-order valence-electron chi connectivity index (χ2n) is 10.5. The minimum absolute atomic E-state index is 0.300. The molecule has 0 bridgehead atoms. The summed E-state index contributed by atoms with van der Waals surface area (Å²) >= 11 is 0. The van der Waals surface area contributed by atoms with Crippen molar-refractivity contribution in [3.8, 4) is 12.3 Å². The van der Waals surface area contributed by atoms with E-state index in [1.54, 1.807) is 39.0 Å². The van der Waals surface area contributed by atoms with Crippen LogP contribution in [0, 0.1) is 12.3 Å². The highest BCUT2D eigenvalue weighted by atomic mass is 16.6. The van der Waals surface area contributed by atoms with E-state index in [0.29, 0.717) is 24.2 Å². The Balaban J connectivity index is 2.32. The molecule has 0 aliphatic heterocycles. The largest absolute Gasteiger partial charge is 0.444 e. The van der Waals surface area contributed by atoms with Gasteiger partial charge in [-0.2, -0.15) is 0 Å². The van der Waals surface area contributed by atoms with Crippen LogP contribution in [0.25, 0.3) is 0 Å². The zero-order valence-electron chi connectivity index (χ0n) is 23.8. The van der Waals surface area contributed by atoms with Crippen LogP contribution < -0.4 is 10.6 Å². The minimum Gasteiger partial charge on any atom is -0.444 e. The Morgan fingerprint density at radius 1 is 0.923 bits per heavy atom. The summed E-state index contributed by atoms with van der Waals surface area (Å²) in [4.78, 5) is 41.1. The van der Waals surface area contributed by atoms with Crippen LogP contribution in [0.15, 0.2) is 54.6 Å². The summed E-state index contributed by atoms with van der Waals surface area (Å²) in [6, 6.07) is 15.8. The van der Waals surface area contributed by atoms with Gasteiger partial charge < -0.3 is 20.3 Å². The first-order valence-corrected chi connectivity index (χ1v) is 13.8. The predicted molar refractivity (Wildman–Crippen MR) is 155 cm³/mol. The van der Waals surface area contributed by atoms with Crippen molar-refractivity contribution in [2.24, 2.45) is 0 Å². The Morgan fingerprint density at radius 2 is 1.56 bits per heavy atom. The molecule has 0 heterocycles. The fourth-order valence-electron chi connectivity index (χ4n) is 4.22. The molecule has 7 heteroatoms. The Morgan fingerprint density at radius 3 is 2.23 bits per heavy atom. The molecule has 3 amide bonds. The van der Waals surface area contributed by atoms with Crippen molar-refractivity contribution in [1.29, 1.82) is 0 Å². The first-order valence-electron chi connectivity index (χ1n) is 13.8. The molecule has 39 heavy (non-hydrogen) atoms. The lowest BCUT2D eigenvalue weighted by Crippen LogP contribution is -2.48. The number of rotatable bonds is 14. The lowest BCUT2D eigenvalue weighted by molar-refractivity contribution is -0.140. The molecule has 1 unspecified atom stereocenters. The van der Waals surface area contributed by atoms with Gasteiger partial charge in [0.25, 0.3) is 0 Å². The van der Waals surface area contributed by atoms with Gasteiger partial charge in [-0.1, -0.05) is 93.5 Å². The van der Waals surface area contributed by atoms with Crippen LogP contribution in [-0.2, 0) is 20.9 Å². The van der Waals surface area contributed by atoms with E-state index in [9.17, 15) is 14.4 Å². The summed E-state index contributed by atoms with van der Waals surface area (Å²) in [6.07, 6.45) is 11.3. The van der Waals surface area contributed by atoms with Crippen LogP contribution in [0.5, 0.6) is 0 Å². The number of carbonyl (C=O) groups excluding carboxylic acids is 3. The molecule has 7 nitrogen and oxygen atoms in total. The molecule has 2 aromatic carbocycles. The number of benzene rings is 2. The van der Waals surface area contributed by atoms with Crippen LogP contribution in [0.3, 0.4) is 0 Å². The van der Waals surface area contributed by atoms with Crippen LogP contribution >= 0.6 is 0 Å². The molecular weight excluding hydrogens is 490 g/mol. The van der Waals surface area contributed by atoms with E-state index in [1.807, 2.05) is 36.4 Å². The molecule has 0 radical (unpaired) electrons. The van der Waals surface area contributed by atoms with E-state index < -0.39 is 17.7 Å². The molecule has 0 aliphatic rings. The van der Waals surface area contributed by atoms with E-state index in [0.717, 1.165) is 37.7 Å². The quantitative estimate of drug-likeness (QED) is 0.239. The molecule has 210 valence electrons. The average Bonchev–Trinajstić information content (AvgIpc) is 2.91. The maximum atomic E-state index is 13.7. The van der Waals surface area contributed by atoms with Crippen molar-refractivity contribution >= 4 is 17.9 Å². The van der Waals surface area contributed by atoms with Gasteiger partial charge in [0.15, 0.2) is 0 Å². The number of ether oxygens (including phenoxy) is 1. The molecule has 2 N–H and O–H groups in total. The second kappa shape index (κ2) is 16.2. The van der Waals surface area contributed by atoms with Crippen molar-refractivity contribution < 1.29 is 19.1 Å². The van der Waals surface area contributed by atoms with E-state index in [4.69, 9.17) is 11.2 Å². The van der Waals surface area contributed by atoms with Crippen molar-refractivity contribution in [2.75, 3.05) is 13.1 Å². The number of terminal acetylenes is 1. The summed E-state index contributed by atoms with van der Waals surface area (Å²) in [7, 11) is 0. The Bertz CT molecular complexity index is 1100. The van der Waals surface area contributed by atoms with E-state index in [1.165, 1.54) is 11.3 Å². The van der Waals surface area contributed by atoms with Gasteiger partial charge in [-0.05, 0) is 44.4 Å². The standard InChI is InChI=1S/C32H43N3O4/c1-6-8-9-10-11-17-22-35(28(36)24-34-31(38)39-32(3,4)5)29(27-21-16-15-20-26(27)7-2)30(37)33-23-25-18-13-12-14-19-25/h2,12-16,18-21,29H,6,8-11,17,22-24H2,1,3-5H3,(H,33,37)(H,34,38). The highest BCUT2D eigenvalue weighted by Gasteiger charge is 2.32. The van der Waals surface area contributed by atoms with E-state index >= 15 is 0 Å². The molecule has 2 aromatic rings. The van der Waals surface area contributed by atoms with Gasteiger partial charge in [-0.15, -0.1) is 6.42 Å².